The molecule has 54 valence electrons. The molecular formula is C6H11IO2. The fraction of sp³-hybridized carbons (Fsp3) is 1.00. The molecule has 1 unspecified atom stereocenters. The van der Waals surface area contributed by atoms with Crippen molar-refractivity contribution in [1.29, 1.82) is 0 Å². The molecule has 1 N–H and O–H groups in total. The Bertz CT molecular complexity index is 89.1. The molecule has 2 nitrogen and oxygen atoms in total. The number of hydrogen-bond donors (Lipinski definition) is 1. The van der Waals surface area contributed by atoms with E-state index < -0.39 is 0 Å². The lowest BCUT2D eigenvalue weighted by atomic mass is 10.0. The third kappa shape index (κ3) is 2.05. The summed E-state index contributed by atoms with van der Waals surface area (Å²) in [6.45, 7) is 1.82. The number of hydrogen-bond acceptors (Lipinski definition) is 2. The van der Waals surface area contributed by atoms with Crippen molar-refractivity contribution in [2.45, 2.75) is 16.3 Å². The van der Waals surface area contributed by atoms with Crippen LogP contribution in [0.4, 0.5) is 0 Å². The zero-order valence-corrected chi connectivity index (χ0v) is 7.43. The highest BCUT2D eigenvalue weighted by atomic mass is 127. The highest BCUT2D eigenvalue weighted by Gasteiger charge is 2.28. The van der Waals surface area contributed by atoms with E-state index in [0.717, 1.165) is 19.4 Å². The van der Waals surface area contributed by atoms with E-state index in [1.165, 1.54) is 0 Å². The molecule has 9 heavy (non-hydrogen) atoms. The van der Waals surface area contributed by atoms with Crippen molar-refractivity contribution in [1.82, 2.24) is 0 Å². The molecule has 0 aromatic heterocycles. The van der Waals surface area contributed by atoms with Crippen molar-refractivity contribution < 1.29 is 9.84 Å². The molecule has 3 heteroatoms. The molecule has 0 aromatic carbocycles. The molecule has 1 fully saturated rings. The predicted octanol–water partition coefficient (Wildman–Crippen LogP) is 0.963. The Morgan fingerprint density at radius 3 is 2.78 bits per heavy atom. The van der Waals surface area contributed by atoms with Crippen LogP contribution in [0.3, 0.4) is 0 Å². The second-order valence-corrected chi connectivity index (χ2v) is 4.75. The van der Waals surface area contributed by atoms with Gasteiger partial charge in [0.15, 0.2) is 0 Å². The molecule has 1 rings (SSSR count). The van der Waals surface area contributed by atoms with Crippen LogP contribution in [0.2, 0.25) is 0 Å². The molecule has 0 aromatic rings. The Balaban J connectivity index is 2.37. The smallest absolute Gasteiger partial charge is 0.0686 e. The summed E-state index contributed by atoms with van der Waals surface area (Å²) >= 11 is 2.28. The summed E-state index contributed by atoms with van der Waals surface area (Å²) in [5, 5.41) is 8.86. The normalized spacial score (nSPS) is 36.7. The van der Waals surface area contributed by atoms with E-state index >= 15 is 0 Å². The highest BCUT2D eigenvalue weighted by Crippen LogP contribution is 2.27. The minimum Gasteiger partial charge on any atom is -0.395 e. The van der Waals surface area contributed by atoms with Gasteiger partial charge < -0.3 is 9.84 Å². The van der Waals surface area contributed by atoms with Gasteiger partial charge in [0.2, 0.25) is 0 Å². The van der Waals surface area contributed by atoms with Gasteiger partial charge in [-0.1, -0.05) is 22.6 Å². The van der Waals surface area contributed by atoms with E-state index in [0.29, 0.717) is 6.61 Å². The number of rotatable bonds is 1. The first-order chi connectivity index (χ1) is 4.27. The summed E-state index contributed by atoms with van der Waals surface area (Å²) in [6.07, 6.45) is 2.17. The summed E-state index contributed by atoms with van der Waals surface area (Å²) in [5.41, 5.74) is 0. The van der Waals surface area contributed by atoms with E-state index in [4.69, 9.17) is 9.84 Å². The van der Waals surface area contributed by atoms with Crippen LogP contribution in [-0.2, 0) is 4.74 Å². The Labute approximate surface area is 68.7 Å². The topological polar surface area (TPSA) is 29.5 Å². The average molecular weight is 242 g/mol. The molecule has 0 amide bonds. The van der Waals surface area contributed by atoms with Crippen LogP contribution in [0.5, 0.6) is 0 Å². The van der Waals surface area contributed by atoms with Crippen LogP contribution in [0.25, 0.3) is 0 Å². The third-order valence-electron chi connectivity index (χ3n) is 1.56. The largest absolute Gasteiger partial charge is 0.395 e. The Hall–Kier alpha value is 0.650. The van der Waals surface area contributed by atoms with Gasteiger partial charge in [0.05, 0.1) is 16.6 Å². The van der Waals surface area contributed by atoms with Crippen molar-refractivity contribution in [3.8, 4) is 0 Å². The van der Waals surface area contributed by atoms with Gasteiger partial charge in [0.1, 0.15) is 0 Å². The Morgan fingerprint density at radius 2 is 2.44 bits per heavy atom. The molecule has 1 saturated heterocycles. The number of aliphatic hydroxyl groups is 1. The van der Waals surface area contributed by atoms with Crippen LogP contribution < -0.4 is 0 Å². The quantitative estimate of drug-likeness (QED) is 0.548. The zero-order valence-electron chi connectivity index (χ0n) is 5.27. The Morgan fingerprint density at radius 1 is 1.67 bits per heavy atom. The van der Waals surface area contributed by atoms with Crippen LogP contribution in [0.15, 0.2) is 0 Å². The second kappa shape index (κ2) is 3.16. The summed E-state index contributed by atoms with van der Waals surface area (Å²) in [6, 6.07) is 0. The third-order valence-corrected chi connectivity index (χ3v) is 2.75. The number of aliphatic hydroxyl groups excluding tert-OH is 1. The fourth-order valence-electron chi connectivity index (χ4n) is 0.943. The predicted molar refractivity (Wildman–Crippen MR) is 43.9 cm³/mol. The molecule has 1 heterocycles. The van der Waals surface area contributed by atoms with Gasteiger partial charge in [0, 0.05) is 6.61 Å². The lowest BCUT2D eigenvalue weighted by Crippen LogP contribution is -2.35. The lowest BCUT2D eigenvalue weighted by Gasteiger charge is -2.29. The zero-order chi connectivity index (χ0) is 6.74. The standard InChI is InChI=1S/C6H11IO2/c7-6(4-8)2-1-3-9-5-6/h8H,1-5H2. The van der Waals surface area contributed by atoms with E-state index in [-0.39, 0.29) is 10.0 Å². The molecule has 0 radical (unpaired) electrons. The maximum absolute atomic E-state index is 8.86. The monoisotopic (exact) mass is 242 g/mol. The fourth-order valence-corrected chi connectivity index (χ4v) is 1.54. The molecule has 1 aliphatic rings. The molecule has 0 spiro atoms. The van der Waals surface area contributed by atoms with E-state index in [1.54, 1.807) is 0 Å². The first-order valence-electron chi connectivity index (χ1n) is 3.14. The van der Waals surface area contributed by atoms with Gasteiger partial charge in [-0.05, 0) is 12.8 Å². The molecule has 1 aliphatic heterocycles. The first kappa shape index (κ1) is 7.75. The second-order valence-electron chi connectivity index (χ2n) is 2.47. The van der Waals surface area contributed by atoms with E-state index in [1.807, 2.05) is 0 Å². The molecule has 1 atom stereocenters. The number of halogens is 1. The molecule has 0 bridgehead atoms. The number of ether oxygens (including phenoxy) is 1. The molecule has 0 aliphatic carbocycles. The van der Waals surface area contributed by atoms with Crippen LogP contribution in [-0.4, -0.2) is 28.3 Å². The summed E-state index contributed by atoms with van der Waals surface area (Å²) < 4.78 is 5.23. The first-order valence-corrected chi connectivity index (χ1v) is 4.22. The summed E-state index contributed by atoms with van der Waals surface area (Å²) in [7, 11) is 0. The van der Waals surface area contributed by atoms with Crippen molar-refractivity contribution in [3.63, 3.8) is 0 Å². The Kier molecular flexibility index (Phi) is 2.73. The number of alkyl halides is 1. The SMILES string of the molecule is OCC1(I)CCCOC1. The molecular weight excluding hydrogens is 231 g/mol. The lowest BCUT2D eigenvalue weighted by molar-refractivity contribution is 0.0539. The minimum absolute atomic E-state index is 0.0238. The summed E-state index contributed by atoms with van der Waals surface area (Å²) in [4.78, 5) is 0. The van der Waals surface area contributed by atoms with Crippen LogP contribution >= 0.6 is 22.6 Å². The van der Waals surface area contributed by atoms with Crippen LogP contribution in [0.1, 0.15) is 12.8 Å². The van der Waals surface area contributed by atoms with Crippen molar-refractivity contribution >= 4 is 22.6 Å². The van der Waals surface area contributed by atoms with Crippen molar-refractivity contribution in [2.24, 2.45) is 0 Å². The van der Waals surface area contributed by atoms with Gasteiger partial charge in [0.25, 0.3) is 0 Å². The van der Waals surface area contributed by atoms with Gasteiger partial charge in [-0.15, -0.1) is 0 Å². The van der Waals surface area contributed by atoms with Crippen molar-refractivity contribution in [3.05, 3.63) is 0 Å². The maximum atomic E-state index is 8.86. The van der Waals surface area contributed by atoms with E-state index in [9.17, 15) is 0 Å². The molecule has 0 saturated carbocycles. The van der Waals surface area contributed by atoms with Crippen LogP contribution in [0, 0.1) is 0 Å². The van der Waals surface area contributed by atoms with Gasteiger partial charge >= 0.3 is 0 Å². The van der Waals surface area contributed by atoms with Gasteiger partial charge in [-0.3, -0.25) is 0 Å². The summed E-state index contributed by atoms with van der Waals surface area (Å²) in [5.74, 6) is 0. The highest BCUT2D eigenvalue weighted by molar-refractivity contribution is 14.1. The van der Waals surface area contributed by atoms with Gasteiger partial charge in [-0.25, -0.2) is 0 Å². The minimum atomic E-state index is 0.0238. The maximum Gasteiger partial charge on any atom is 0.0686 e. The average Bonchev–Trinajstić information content (AvgIpc) is 1.90. The van der Waals surface area contributed by atoms with Crippen molar-refractivity contribution in [2.75, 3.05) is 19.8 Å². The van der Waals surface area contributed by atoms with E-state index in [2.05, 4.69) is 22.6 Å². The van der Waals surface area contributed by atoms with Gasteiger partial charge in [-0.2, -0.15) is 0 Å².